The van der Waals surface area contributed by atoms with Crippen molar-refractivity contribution >= 4 is 13.0 Å². The Morgan fingerprint density at radius 3 is 2.20 bits per heavy atom. The van der Waals surface area contributed by atoms with Crippen molar-refractivity contribution in [2.45, 2.75) is 70.5 Å². The van der Waals surface area contributed by atoms with Gasteiger partial charge in [0.05, 0.1) is 11.2 Å². The Morgan fingerprint density at radius 1 is 1.00 bits per heavy atom. The zero-order valence-electron chi connectivity index (χ0n) is 18.3. The van der Waals surface area contributed by atoms with Crippen molar-refractivity contribution in [3.8, 4) is 0 Å². The average Bonchev–Trinajstić information content (AvgIpc) is 2.92. The normalized spacial score (nSPS) is 18.2. The van der Waals surface area contributed by atoms with Gasteiger partial charge in [-0.2, -0.15) is 0 Å². The second-order valence-corrected chi connectivity index (χ2v) is 8.94. The van der Waals surface area contributed by atoms with E-state index in [0.29, 0.717) is 25.8 Å². The number of benzene rings is 2. The van der Waals surface area contributed by atoms with E-state index in [-0.39, 0.29) is 17.5 Å². The number of rotatable bonds is 8. The van der Waals surface area contributed by atoms with Gasteiger partial charge in [0.2, 0.25) is 5.91 Å². The predicted octanol–water partition coefficient (Wildman–Crippen LogP) is 5.03. The molecule has 1 N–H and O–H groups in total. The molecular formula is C24H31BFNO3. The second kappa shape index (κ2) is 9.31. The molecule has 0 bridgehead atoms. The number of hydrogen-bond donors (Lipinski definition) is 1. The highest BCUT2D eigenvalue weighted by molar-refractivity contribution is 6.47. The molecule has 0 saturated carbocycles. The van der Waals surface area contributed by atoms with Gasteiger partial charge in [0.15, 0.2) is 0 Å². The van der Waals surface area contributed by atoms with Gasteiger partial charge in [0.25, 0.3) is 0 Å². The lowest BCUT2D eigenvalue weighted by Gasteiger charge is -2.32. The maximum absolute atomic E-state index is 13.4. The van der Waals surface area contributed by atoms with E-state index in [1.165, 1.54) is 12.1 Å². The van der Waals surface area contributed by atoms with Gasteiger partial charge in [-0.25, -0.2) is 4.39 Å². The minimum Gasteiger partial charge on any atom is -0.403 e. The maximum atomic E-state index is 13.4. The molecule has 1 aliphatic rings. The van der Waals surface area contributed by atoms with Crippen molar-refractivity contribution in [2.75, 3.05) is 0 Å². The molecule has 3 rings (SSSR count). The first kappa shape index (κ1) is 22.5. The van der Waals surface area contributed by atoms with Crippen molar-refractivity contribution in [1.82, 2.24) is 5.32 Å². The van der Waals surface area contributed by atoms with Gasteiger partial charge < -0.3 is 14.6 Å². The lowest BCUT2D eigenvalue weighted by atomic mass is 9.65. The van der Waals surface area contributed by atoms with Crippen LogP contribution in [0.5, 0.6) is 0 Å². The van der Waals surface area contributed by atoms with Crippen molar-refractivity contribution in [1.29, 1.82) is 0 Å². The summed E-state index contributed by atoms with van der Waals surface area (Å²) in [7, 11) is -0.437. The van der Waals surface area contributed by atoms with Crippen molar-refractivity contribution < 1.29 is 18.5 Å². The number of carbonyl (C=O) groups excluding carboxylic acids is 1. The van der Waals surface area contributed by atoms with E-state index in [1.807, 2.05) is 58.0 Å². The van der Waals surface area contributed by atoms with Crippen LogP contribution < -0.4 is 5.32 Å². The fourth-order valence-corrected chi connectivity index (χ4v) is 3.59. The van der Waals surface area contributed by atoms with E-state index in [4.69, 9.17) is 9.31 Å². The average molecular weight is 411 g/mol. The topological polar surface area (TPSA) is 47.6 Å². The third-order valence-corrected chi connectivity index (χ3v) is 6.15. The molecule has 1 aliphatic heterocycles. The molecule has 1 amide bonds. The summed E-state index contributed by atoms with van der Waals surface area (Å²) in [6.07, 6.45) is 1.82. The van der Waals surface area contributed by atoms with Crippen LogP contribution in [-0.2, 0) is 20.6 Å². The zero-order valence-corrected chi connectivity index (χ0v) is 18.3. The fourth-order valence-electron chi connectivity index (χ4n) is 3.59. The van der Waals surface area contributed by atoms with Crippen LogP contribution in [0, 0.1) is 5.82 Å². The smallest absolute Gasteiger partial charge is 0.403 e. The summed E-state index contributed by atoms with van der Waals surface area (Å²) in [5.41, 5.74) is 1.15. The Hall–Kier alpha value is -2.18. The molecule has 1 fully saturated rings. The summed E-state index contributed by atoms with van der Waals surface area (Å²) in [5, 5.41) is 2.96. The first-order valence-corrected chi connectivity index (χ1v) is 10.6. The minimum absolute atomic E-state index is 0.0191. The summed E-state index contributed by atoms with van der Waals surface area (Å²) < 4.78 is 26.0. The van der Waals surface area contributed by atoms with Gasteiger partial charge >= 0.3 is 7.12 Å². The lowest BCUT2D eigenvalue weighted by molar-refractivity contribution is -0.121. The molecule has 4 nitrogen and oxygen atoms in total. The Balaban J connectivity index is 1.60. The molecule has 1 atom stereocenters. The van der Waals surface area contributed by atoms with Crippen LogP contribution in [0.3, 0.4) is 0 Å². The van der Waals surface area contributed by atoms with Gasteiger partial charge in [-0.3, -0.25) is 4.79 Å². The number of amides is 1. The summed E-state index contributed by atoms with van der Waals surface area (Å²) >= 11 is 0. The number of hydrogen-bond acceptors (Lipinski definition) is 3. The number of carbonyl (C=O) groups is 1. The van der Waals surface area contributed by atoms with Crippen molar-refractivity contribution in [3.63, 3.8) is 0 Å². The highest BCUT2D eigenvalue weighted by Crippen LogP contribution is 2.42. The molecule has 1 saturated heterocycles. The van der Waals surface area contributed by atoms with Crippen molar-refractivity contribution in [2.24, 2.45) is 0 Å². The SMILES string of the molecule is CC1(C)OB([C@@H](CCCC(=O)NCc2ccccc2)c2ccc(F)cc2)OC1(C)C. The quantitative estimate of drug-likeness (QED) is 0.620. The standard InChI is InChI=1S/C24H31BFNO3/c1-23(2)24(3,4)30-25(29-23)21(19-13-15-20(26)16-14-19)11-8-12-22(28)27-17-18-9-6-5-7-10-18/h5-7,9-10,13-16,21H,8,11-12,17H2,1-4H3,(H,27,28)/t21-/m0/s1. The highest BCUT2D eigenvalue weighted by atomic mass is 19.1. The van der Waals surface area contributed by atoms with Crippen LogP contribution in [0.2, 0.25) is 0 Å². The van der Waals surface area contributed by atoms with Gasteiger partial charge in [-0.15, -0.1) is 0 Å². The van der Waals surface area contributed by atoms with Crippen LogP contribution in [0.1, 0.15) is 63.9 Å². The second-order valence-electron chi connectivity index (χ2n) is 8.94. The van der Waals surface area contributed by atoms with Crippen LogP contribution in [0.25, 0.3) is 0 Å². The molecular weight excluding hydrogens is 380 g/mol. The van der Waals surface area contributed by atoms with Gasteiger partial charge in [-0.1, -0.05) is 42.5 Å². The largest absolute Gasteiger partial charge is 0.465 e. The molecule has 0 spiro atoms. The fraction of sp³-hybridized carbons (Fsp3) is 0.458. The first-order chi connectivity index (χ1) is 14.2. The molecule has 160 valence electrons. The van der Waals surface area contributed by atoms with Crippen LogP contribution >= 0.6 is 0 Å². The number of nitrogens with one attached hydrogen (secondary N) is 1. The molecule has 0 aliphatic carbocycles. The van der Waals surface area contributed by atoms with Gasteiger partial charge in [0.1, 0.15) is 5.82 Å². The summed E-state index contributed by atoms with van der Waals surface area (Å²) in [6, 6.07) is 16.3. The van der Waals surface area contributed by atoms with E-state index in [2.05, 4.69) is 5.32 Å². The monoisotopic (exact) mass is 411 g/mol. The molecule has 6 heteroatoms. The van der Waals surface area contributed by atoms with Gasteiger partial charge in [-0.05, 0) is 63.8 Å². The Bertz CT molecular complexity index is 823. The molecule has 0 unspecified atom stereocenters. The third-order valence-electron chi connectivity index (χ3n) is 6.15. The van der Waals surface area contributed by atoms with Gasteiger partial charge in [0, 0.05) is 18.8 Å². The molecule has 30 heavy (non-hydrogen) atoms. The molecule has 0 radical (unpaired) electrons. The van der Waals surface area contributed by atoms with Crippen LogP contribution in [0.4, 0.5) is 4.39 Å². The predicted molar refractivity (Wildman–Crippen MR) is 117 cm³/mol. The maximum Gasteiger partial charge on any atom is 0.465 e. The Kier molecular flexibility index (Phi) is 6.99. The molecule has 2 aromatic rings. The van der Waals surface area contributed by atoms with E-state index >= 15 is 0 Å². The molecule has 2 aromatic carbocycles. The van der Waals surface area contributed by atoms with E-state index in [9.17, 15) is 9.18 Å². The summed E-state index contributed by atoms with van der Waals surface area (Å²) in [4.78, 5) is 12.3. The summed E-state index contributed by atoms with van der Waals surface area (Å²) in [5.74, 6) is -0.328. The van der Waals surface area contributed by atoms with E-state index in [1.54, 1.807) is 12.1 Å². The van der Waals surface area contributed by atoms with Crippen LogP contribution in [0.15, 0.2) is 54.6 Å². The van der Waals surface area contributed by atoms with E-state index in [0.717, 1.165) is 11.1 Å². The molecule has 0 aromatic heterocycles. The lowest BCUT2D eigenvalue weighted by Crippen LogP contribution is -2.41. The van der Waals surface area contributed by atoms with Crippen molar-refractivity contribution in [3.05, 3.63) is 71.5 Å². The Morgan fingerprint density at radius 2 is 1.60 bits per heavy atom. The first-order valence-electron chi connectivity index (χ1n) is 10.6. The molecule has 1 heterocycles. The van der Waals surface area contributed by atoms with E-state index < -0.39 is 18.3 Å². The van der Waals surface area contributed by atoms with Crippen LogP contribution in [-0.4, -0.2) is 24.2 Å². The summed E-state index contributed by atoms with van der Waals surface area (Å²) in [6.45, 7) is 8.60. The zero-order chi connectivity index (χ0) is 21.8. The Labute approximate surface area is 179 Å². The highest BCUT2D eigenvalue weighted by Gasteiger charge is 2.53. The number of halogens is 1. The minimum atomic E-state index is -0.441. The third kappa shape index (κ3) is 5.49.